The van der Waals surface area contributed by atoms with Crippen LogP contribution in [0.15, 0.2) is 54.6 Å². The van der Waals surface area contributed by atoms with Gasteiger partial charge in [0.05, 0.1) is 6.67 Å². The van der Waals surface area contributed by atoms with Crippen molar-refractivity contribution in [2.45, 2.75) is 24.9 Å². The molecule has 0 unspecified atom stereocenters. The Bertz CT molecular complexity index is 830. The van der Waals surface area contributed by atoms with Crippen molar-refractivity contribution in [2.75, 3.05) is 19.8 Å². The lowest BCUT2D eigenvalue weighted by Gasteiger charge is -2.42. The van der Waals surface area contributed by atoms with Crippen LogP contribution in [0.2, 0.25) is 5.02 Å². The summed E-state index contributed by atoms with van der Waals surface area (Å²) in [7, 11) is 0. The summed E-state index contributed by atoms with van der Waals surface area (Å²) >= 11 is 5.91. The first-order valence-corrected chi connectivity index (χ1v) is 9.58. The number of nitrogens with one attached hydrogen (secondary N) is 1. The fraction of sp³-hybridized carbons (Fsp3) is 0.333. The standard InChI is InChI=1S/C21H22ClN3O2/c22-18-8-6-17(7-9-18)19(26)24-12-10-21(11-13-24)20(27)23-15-25(21)14-16-4-2-1-3-5-16/h1-9H,10-15H2,(H,23,27). The molecule has 0 radical (unpaired) electrons. The number of piperidine rings is 1. The first kappa shape index (κ1) is 18.0. The first-order chi connectivity index (χ1) is 13.1. The Hall–Kier alpha value is -2.37. The molecule has 27 heavy (non-hydrogen) atoms. The van der Waals surface area contributed by atoms with Gasteiger partial charge in [-0.05, 0) is 42.7 Å². The summed E-state index contributed by atoms with van der Waals surface area (Å²) in [6.07, 6.45) is 1.29. The Morgan fingerprint density at radius 3 is 2.37 bits per heavy atom. The average molecular weight is 384 g/mol. The largest absolute Gasteiger partial charge is 0.342 e. The maximum Gasteiger partial charge on any atom is 0.253 e. The summed E-state index contributed by atoms with van der Waals surface area (Å²) in [5.74, 6) is 0.0755. The maximum atomic E-state index is 12.7. The molecule has 2 aliphatic heterocycles. The van der Waals surface area contributed by atoms with Crippen molar-refractivity contribution in [3.8, 4) is 0 Å². The minimum absolute atomic E-state index is 0.00506. The van der Waals surface area contributed by atoms with E-state index >= 15 is 0 Å². The van der Waals surface area contributed by atoms with Crippen LogP contribution in [0.1, 0.15) is 28.8 Å². The molecule has 1 N–H and O–H groups in total. The topological polar surface area (TPSA) is 52.7 Å². The third-order valence-electron chi connectivity index (χ3n) is 5.64. The van der Waals surface area contributed by atoms with Crippen molar-refractivity contribution in [3.63, 3.8) is 0 Å². The summed E-state index contributed by atoms with van der Waals surface area (Å²) < 4.78 is 0. The molecular weight excluding hydrogens is 362 g/mol. The Morgan fingerprint density at radius 1 is 1.04 bits per heavy atom. The molecule has 2 aromatic rings. The van der Waals surface area contributed by atoms with Crippen molar-refractivity contribution < 1.29 is 9.59 Å². The molecule has 2 aliphatic rings. The highest BCUT2D eigenvalue weighted by atomic mass is 35.5. The summed E-state index contributed by atoms with van der Waals surface area (Å²) in [6.45, 7) is 2.42. The fourth-order valence-electron chi connectivity index (χ4n) is 4.04. The van der Waals surface area contributed by atoms with Crippen molar-refractivity contribution in [3.05, 3.63) is 70.7 Å². The van der Waals surface area contributed by atoms with E-state index in [1.165, 1.54) is 5.56 Å². The lowest BCUT2D eigenvalue weighted by atomic mass is 9.85. The van der Waals surface area contributed by atoms with Crippen molar-refractivity contribution >= 4 is 23.4 Å². The van der Waals surface area contributed by atoms with Crippen LogP contribution in [0, 0.1) is 0 Å². The average Bonchev–Trinajstić information content (AvgIpc) is 2.99. The predicted molar refractivity (Wildman–Crippen MR) is 104 cm³/mol. The van der Waals surface area contributed by atoms with E-state index in [1.807, 2.05) is 23.1 Å². The SMILES string of the molecule is O=C(c1ccc(Cl)cc1)N1CCC2(CC1)C(=O)NCN2Cc1ccccc1. The molecule has 0 bridgehead atoms. The third kappa shape index (κ3) is 3.45. The van der Waals surface area contributed by atoms with E-state index in [-0.39, 0.29) is 11.8 Å². The number of rotatable bonds is 3. The normalized spacial score (nSPS) is 19.3. The molecule has 140 valence electrons. The van der Waals surface area contributed by atoms with Crippen LogP contribution in [0.4, 0.5) is 0 Å². The van der Waals surface area contributed by atoms with E-state index in [0.717, 1.165) is 6.54 Å². The van der Waals surface area contributed by atoms with E-state index in [1.54, 1.807) is 24.3 Å². The van der Waals surface area contributed by atoms with Crippen LogP contribution in [0.5, 0.6) is 0 Å². The quantitative estimate of drug-likeness (QED) is 0.886. The monoisotopic (exact) mass is 383 g/mol. The molecule has 2 heterocycles. The number of benzene rings is 2. The van der Waals surface area contributed by atoms with Gasteiger partial charge in [-0.1, -0.05) is 41.9 Å². The molecule has 2 fully saturated rings. The van der Waals surface area contributed by atoms with E-state index in [0.29, 0.717) is 43.2 Å². The first-order valence-electron chi connectivity index (χ1n) is 9.21. The van der Waals surface area contributed by atoms with Gasteiger partial charge >= 0.3 is 0 Å². The van der Waals surface area contributed by atoms with E-state index in [9.17, 15) is 9.59 Å². The Balaban J connectivity index is 1.46. The van der Waals surface area contributed by atoms with Crippen LogP contribution in [0.3, 0.4) is 0 Å². The van der Waals surface area contributed by atoms with Gasteiger partial charge in [0, 0.05) is 30.2 Å². The summed E-state index contributed by atoms with van der Waals surface area (Å²) in [5.41, 5.74) is 1.30. The lowest BCUT2D eigenvalue weighted by Crippen LogP contribution is -2.56. The zero-order chi connectivity index (χ0) is 18.9. The van der Waals surface area contributed by atoms with Gasteiger partial charge in [-0.3, -0.25) is 14.5 Å². The summed E-state index contributed by atoms with van der Waals surface area (Å²) in [5, 5.41) is 3.62. The minimum Gasteiger partial charge on any atom is -0.342 e. The second-order valence-electron chi connectivity index (χ2n) is 7.18. The summed E-state index contributed by atoms with van der Waals surface area (Å²) in [4.78, 5) is 29.5. The molecule has 0 atom stereocenters. The fourth-order valence-corrected chi connectivity index (χ4v) is 4.16. The van der Waals surface area contributed by atoms with E-state index in [2.05, 4.69) is 22.3 Å². The van der Waals surface area contributed by atoms with Gasteiger partial charge in [0.25, 0.3) is 5.91 Å². The van der Waals surface area contributed by atoms with Gasteiger partial charge in [0.1, 0.15) is 5.54 Å². The van der Waals surface area contributed by atoms with Gasteiger partial charge < -0.3 is 10.2 Å². The second kappa shape index (κ2) is 7.33. The van der Waals surface area contributed by atoms with Crippen LogP contribution >= 0.6 is 11.6 Å². The van der Waals surface area contributed by atoms with Crippen molar-refractivity contribution in [2.24, 2.45) is 0 Å². The molecule has 4 rings (SSSR count). The number of carbonyl (C=O) groups excluding carboxylic acids is 2. The number of hydrogen-bond acceptors (Lipinski definition) is 3. The Kier molecular flexibility index (Phi) is 4.89. The third-order valence-corrected chi connectivity index (χ3v) is 5.90. The summed E-state index contributed by atoms with van der Waals surface area (Å²) in [6, 6.07) is 17.1. The van der Waals surface area contributed by atoms with Gasteiger partial charge in [0.15, 0.2) is 0 Å². The van der Waals surface area contributed by atoms with Gasteiger partial charge in [0.2, 0.25) is 5.91 Å². The highest BCUT2D eigenvalue weighted by Gasteiger charge is 2.50. The molecule has 2 amide bonds. The Morgan fingerprint density at radius 2 is 1.70 bits per heavy atom. The molecule has 0 aromatic heterocycles. The van der Waals surface area contributed by atoms with Gasteiger partial charge in [-0.25, -0.2) is 0 Å². The number of amides is 2. The number of likely N-dealkylation sites (tertiary alicyclic amines) is 1. The highest BCUT2D eigenvalue weighted by Crippen LogP contribution is 2.34. The maximum absolute atomic E-state index is 12.7. The van der Waals surface area contributed by atoms with Gasteiger partial charge in [-0.2, -0.15) is 0 Å². The van der Waals surface area contributed by atoms with Crippen LogP contribution in [-0.4, -0.2) is 46.9 Å². The van der Waals surface area contributed by atoms with Crippen molar-refractivity contribution in [1.29, 1.82) is 0 Å². The molecule has 5 nitrogen and oxygen atoms in total. The smallest absolute Gasteiger partial charge is 0.253 e. The van der Waals surface area contributed by atoms with Crippen molar-refractivity contribution in [1.82, 2.24) is 15.1 Å². The van der Waals surface area contributed by atoms with Crippen LogP contribution < -0.4 is 5.32 Å². The van der Waals surface area contributed by atoms with E-state index < -0.39 is 5.54 Å². The second-order valence-corrected chi connectivity index (χ2v) is 7.61. The van der Waals surface area contributed by atoms with Gasteiger partial charge in [-0.15, -0.1) is 0 Å². The predicted octanol–water partition coefficient (Wildman–Crippen LogP) is 2.90. The number of halogens is 1. The highest BCUT2D eigenvalue weighted by molar-refractivity contribution is 6.30. The number of nitrogens with zero attached hydrogens (tertiary/aromatic N) is 2. The minimum atomic E-state index is -0.521. The molecule has 0 aliphatic carbocycles. The molecule has 0 saturated carbocycles. The molecule has 6 heteroatoms. The molecule has 2 aromatic carbocycles. The van der Waals surface area contributed by atoms with Crippen LogP contribution in [-0.2, 0) is 11.3 Å². The Labute approximate surface area is 163 Å². The number of hydrogen-bond donors (Lipinski definition) is 1. The molecule has 1 spiro atoms. The lowest BCUT2D eigenvalue weighted by molar-refractivity contribution is -0.129. The molecular formula is C21H22ClN3O2. The zero-order valence-electron chi connectivity index (χ0n) is 15.0. The zero-order valence-corrected chi connectivity index (χ0v) is 15.8. The number of carbonyl (C=O) groups is 2. The molecule has 2 saturated heterocycles. The van der Waals surface area contributed by atoms with Crippen LogP contribution in [0.25, 0.3) is 0 Å². The van der Waals surface area contributed by atoms with E-state index in [4.69, 9.17) is 11.6 Å².